The second-order valence-electron chi connectivity index (χ2n) is 25.0. The molecule has 0 spiro atoms. The molecule has 0 rings (SSSR count). The van der Waals surface area contributed by atoms with Crippen LogP contribution in [0.3, 0.4) is 0 Å². The Balaban J connectivity index is 5.02. The van der Waals surface area contributed by atoms with Crippen LogP contribution in [0, 0.1) is 0 Å². The van der Waals surface area contributed by atoms with Crippen LogP contribution < -0.4 is 10.2 Å². The molecule has 9 nitrogen and oxygen atoms in total. The first-order valence-electron chi connectivity index (χ1n) is 35.5. The molecule has 0 saturated heterocycles. The lowest BCUT2D eigenvalue weighted by Gasteiger charge is -2.30. The fraction of sp³-hybridized carbons (Fsp3) is 0.760. The maximum Gasteiger partial charge on any atom is 0.306 e. The van der Waals surface area contributed by atoms with Crippen molar-refractivity contribution in [3.05, 3.63) is 97.2 Å². The van der Waals surface area contributed by atoms with E-state index in [-0.39, 0.29) is 24.9 Å². The molecule has 10 heteroatoms. The number of unbranched alkanes of at least 4 members (excludes halogenated alkanes) is 34. The van der Waals surface area contributed by atoms with Crippen LogP contribution in [-0.2, 0) is 27.9 Å². The number of nitrogens with one attached hydrogen (secondary N) is 1. The molecule has 0 aromatic rings. The van der Waals surface area contributed by atoms with Gasteiger partial charge in [-0.25, -0.2) is 0 Å². The SMILES string of the molecule is CC/C=C\C/C=C\C/C=C\C/C=C\C/C=C\CCCCCCCC(=O)NC(COP(=O)([O-])OCC[N+](C)(C)C)C(/C=C\CCCCCCCCCCC)OC(=O)CCCCCCCCCCCCCCCCCCC/C=C\C/C=C\CCCCC. The highest BCUT2D eigenvalue weighted by Gasteiger charge is 2.27. The maximum absolute atomic E-state index is 13.6. The summed E-state index contributed by atoms with van der Waals surface area (Å²) >= 11 is 0. The molecule has 1 amide bonds. The van der Waals surface area contributed by atoms with Crippen molar-refractivity contribution in [2.45, 2.75) is 328 Å². The molecule has 492 valence electrons. The van der Waals surface area contributed by atoms with Crippen molar-refractivity contribution in [2.75, 3.05) is 40.9 Å². The van der Waals surface area contributed by atoms with Gasteiger partial charge in [-0.05, 0) is 109 Å². The molecular formula is C75H135N2O7P. The van der Waals surface area contributed by atoms with Gasteiger partial charge < -0.3 is 28.5 Å². The van der Waals surface area contributed by atoms with E-state index in [1.54, 1.807) is 0 Å². The standard InChI is InChI=1S/C75H135N2O7P/c1-7-10-13-16-19-22-25-27-29-31-33-35-36-37-38-39-40-42-44-46-48-50-53-56-59-62-65-68-75(79)84-73(66-63-60-57-54-51-24-21-18-15-12-9-3)72(71-83-85(80,81)82-70-69-77(4,5)6)76-74(78)67-64-61-58-55-52-49-47-45-43-41-34-32-30-28-26-23-20-17-14-11-8-2/h11,14,19-20,22-23,27-30,34,41,45,47,63,66,72-73H,7-10,12-13,15-18,21,24-26,31-33,35-40,42-44,46,48-62,64-65,67-71H2,1-6H3,(H-,76,78,80,81)/b14-11-,22-19-,23-20-,29-27-,30-28-,41-34-,47-45-,66-63-. The van der Waals surface area contributed by atoms with Crippen molar-refractivity contribution in [1.29, 1.82) is 0 Å². The van der Waals surface area contributed by atoms with Crippen molar-refractivity contribution in [3.8, 4) is 0 Å². The van der Waals surface area contributed by atoms with Crippen molar-refractivity contribution < 1.29 is 37.3 Å². The second kappa shape index (κ2) is 63.9. The fourth-order valence-corrected chi connectivity index (χ4v) is 10.8. The number of ether oxygens (including phenoxy) is 1. The normalized spacial score (nSPS) is 14.1. The monoisotopic (exact) mass is 1210 g/mol. The molecule has 0 aromatic heterocycles. The summed E-state index contributed by atoms with van der Waals surface area (Å²) in [6.45, 7) is 6.71. The number of rotatable bonds is 64. The minimum absolute atomic E-state index is 0.0295. The van der Waals surface area contributed by atoms with E-state index in [0.29, 0.717) is 23.9 Å². The molecule has 0 aliphatic rings. The van der Waals surface area contributed by atoms with Gasteiger partial charge in [-0.3, -0.25) is 14.2 Å². The number of hydrogen-bond donors (Lipinski definition) is 1. The zero-order valence-electron chi connectivity index (χ0n) is 56.3. The molecule has 0 bridgehead atoms. The summed E-state index contributed by atoms with van der Waals surface area (Å²) in [6, 6.07) is -0.904. The average molecular weight is 1210 g/mol. The maximum atomic E-state index is 13.6. The van der Waals surface area contributed by atoms with Gasteiger partial charge in [-0.2, -0.15) is 0 Å². The summed E-state index contributed by atoms with van der Waals surface area (Å²) in [5.74, 6) is -0.559. The van der Waals surface area contributed by atoms with Gasteiger partial charge in [-0.1, -0.05) is 292 Å². The first kappa shape index (κ1) is 81.9. The predicted octanol–water partition coefficient (Wildman–Crippen LogP) is 22.0. The van der Waals surface area contributed by atoms with Crippen LogP contribution in [0.1, 0.15) is 316 Å². The molecule has 0 fully saturated rings. The number of hydrogen-bond acceptors (Lipinski definition) is 7. The number of allylic oxidation sites excluding steroid dienone is 15. The number of esters is 1. The molecule has 0 heterocycles. The molecule has 3 unspecified atom stereocenters. The third-order valence-corrected chi connectivity index (χ3v) is 16.5. The van der Waals surface area contributed by atoms with Crippen LogP contribution in [0.2, 0.25) is 0 Å². The summed E-state index contributed by atoms with van der Waals surface area (Å²) in [6.07, 6.45) is 86.8. The first-order chi connectivity index (χ1) is 41.4. The van der Waals surface area contributed by atoms with E-state index in [9.17, 15) is 19.0 Å². The van der Waals surface area contributed by atoms with E-state index in [1.165, 1.54) is 167 Å². The van der Waals surface area contributed by atoms with Crippen molar-refractivity contribution in [1.82, 2.24) is 5.32 Å². The molecule has 0 saturated carbocycles. The highest BCUT2D eigenvalue weighted by Crippen LogP contribution is 2.38. The van der Waals surface area contributed by atoms with Crippen LogP contribution >= 0.6 is 7.82 Å². The average Bonchev–Trinajstić information content (AvgIpc) is 3.57. The largest absolute Gasteiger partial charge is 0.756 e. The number of quaternary nitrogens is 1. The van der Waals surface area contributed by atoms with Gasteiger partial charge in [0.1, 0.15) is 19.3 Å². The quantitative estimate of drug-likeness (QED) is 0.0212. The van der Waals surface area contributed by atoms with E-state index >= 15 is 0 Å². The lowest BCUT2D eigenvalue weighted by molar-refractivity contribution is -0.870. The van der Waals surface area contributed by atoms with Gasteiger partial charge in [0.05, 0.1) is 33.8 Å². The van der Waals surface area contributed by atoms with Crippen molar-refractivity contribution >= 4 is 19.7 Å². The number of phosphoric acid groups is 1. The van der Waals surface area contributed by atoms with Gasteiger partial charge in [0.25, 0.3) is 7.82 Å². The number of carbonyl (C=O) groups is 2. The number of likely N-dealkylation sites (N-methyl/N-ethyl adjacent to an activating group) is 1. The second-order valence-corrected chi connectivity index (χ2v) is 26.4. The summed E-state index contributed by atoms with van der Waals surface area (Å²) in [5.41, 5.74) is 0. The Morgan fingerprint density at radius 1 is 0.424 bits per heavy atom. The lowest BCUT2D eigenvalue weighted by atomic mass is 10.0. The summed E-state index contributed by atoms with van der Waals surface area (Å²) in [4.78, 5) is 40.2. The van der Waals surface area contributed by atoms with Gasteiger partial charge >= 0.3 is 5.97 Å². The summed E-state index contributed by atoms with van der Waals surface area (Å²) in [7, 11) is 1.17. The highest BCUT2D eigenvalue weighted by molar-refractivity contribution is 7.45. The van der Waals surface area contributed by atoms with Crippen LogP contribution in [0.25, 0.3) is 0 Å². The molecule has 0 aliphatic carbocycles. The van der Waals surface area contributed by atoms with Crippen molar-refractivity contribution in [2.24, 2.45) is 0 Å². The van der Waals surface area contributed by atoms with Crippen LogP contribution in [0.5, 0.6) is 0 Å². The number of amides is 1. The van der Waals surface area contributed by atoms with E-state index < -0.39 is 26.6 Å². The lowest BCUT2D eigenvalue weighted by Crippen LogP contribution is -2.47. The van der Waals surface area contributed by atoms with Gasteiger partial charge in [-0.15, -0.1) is 0 Å². The van der Waals surface area contributed by atoms with Gasteiger partial charge in [0.2, 0.25) is 5.91 Å². The molecule has 0 aliphatic heterocycles. The highest BCUT2D eigenvalue weighted by atomic mass is 31.2. The van der Waals surface area contributed by atoms with Crippen LogP contribution in [0.15, 0.2) is 97.2 Å². The minimum Gasteiger partial charge on any atom is -0.756 e. The molecule has 3 atom stereocenters. The Bertz CT molecular complexity index is 1780. The van der Waals surface area contributed by atoms with Crippen LogP contribution in [-0.4, -0.2) is 69.4 Å². The van der Waals surface area contributed by atoms with E-state index in [1.807, 2.05) is 33.3 Å². The summed E-state index contributed by atoms with van der Waals surface area (Å²) < 4.78 is 30.4. The van der Waals surface area contributed by atoms with E-state index in [4.69, 9.17) is 13.8 Å². The Labute approximate surface area is 526 Å². The smallest absolute Gasteiger partial charge is 0.306 e. The zero-order chi connectivity index (χ0) is 62.1. The number of carbonyl (C=O) groups excluding carboxylic acids is 2. The predicted molar refractivity (Wildman–Crippen MR) is 367 cm³/mol. The van der Waals surface area contributed by atoms with Crippen molar-refractivity contribution in [3.63, 3.8) is 0 Å². The topological polar surface area (TPSA) is 114 Å². The third-order valence-electron chi connectivity index (χ3n) is 15.5. The Morgan fingerprint density at radius 3 is 1.15 bits per heavy atom. The minimum atomic E-state index is -4.71. The van der Waals surface area contributed by atoms with Gasteiger partial charge in [0, 0.05) is 12.8 Å². The Morgan fingerprint density at radius 2 is 0.753 bits per heavy atom. The molecule has 0 aromatic carbocycles. The first-order valence-corrected chi connectivity index (χ1v) is 37.0. The van der Waals surface area contributed by atoms with E-state index in [2.05, 4.69) is 111 Å². The molecule has 0 radical (unpaired) electrons. The van der Waals surface area contributed by atoms with E-state index in [0.717, 1.165) is 109 Å². The molecular weight excluding hydrogens is 1070 g/mol. The number of nitrogens with zero attached hydrogens (tertiary/aromatic N) is 1. The van der Waals surface area contributed by atoms with Gasteiger partial charge in [0.15, 0.2) is 0 Å². The summed E-state index contributed by atoms with van der Waals surface area (Å²) in [5, 5.41) is 3.03. The third kappa shape index (κ3) is 65.2. The zero-order valence-corrected chi connectivity index (χ0v) is 57.2. The fourth-order valence-electron chi connectivity index (χ4n) is 10.1. The molecule has 1 N–H and O–H groups in total. The number of phosphoric ester groups is 1. The molecule has 85 heavy (non-hydrogen) atoms. The Hall–Kier alpha value is -3.07. The van der Waals surface area contributed by atoms with Crippen LogP contribution in [0.4, 0.5) is 0 Å². The Kier molecular flexibility index (Phi) is 61.6.